The Morgan fingerprint density at radius 3 is 2.78 bits per heavy atom. The van der Waals surface area contributed by atoms with Crippen molar-refractivity contribution in [1.82, 2.24) is 0 Å². The molecule has 0 saturated heterocycles. The lowest BCUT2D eigenvalue weighted by atomic mass is 9.97. The molecule has 0 radical (unpaired) electrons. The summed E-state index contributed by atoms with van der Waals surface area (Å²) in [5.41, 5.74) is 1.79. The first-order valence-corrected chi connectivity index (χ1v) is 7.62. The van der Waals surface area contributed by atoms with Crippen LogP contribution in [0.1, 0.15) is 31.7 Å². The highest BCUT2D eigenvalue weighted by molar-refractivity contribution is 5.95. The summed E-state index contributed by atoms with van der Waals surface area (Å²) in [5, 5.41) is 2.78. The SMILES string of the molecule is CC[C@@H](C)c1ccccc1NC(=O)COC(=O)C1=COCCO1. The van der Waals surface area contributed by atoms with Crippen molar-refractivity contribution < 1.29 is 23.8 Å². The molecule has 0 aromatic heterocycles. The molecule has 0 bridgehead atoms. The second-order valence-electron chi connectivity index (χ2n) is 5.22. The third-order valence-corrected chi connectivity index (χ3v) is 3.56. The Morgan fingerprint density at radius 2 is 2.09 bits per heavy atom. The fraction of sp³-hybridized carbons (Fsp3) is 0.412. The number of esters is 1. The molecule has 2 rings (SSSR count). The van der Waals surface area contributed by atoms with Gasteiger partial charge in [-0.15, -0.1) is 0 Å². The molecule has 1 aliphatic heterocycles. The number of nitrogens with one attached hydrogen (secondary N) is 1. The maximum atomic E-state index is 12.0. The van der Waals surface area contributed by atoms with Gasteiger partial charge in [-0.1, -0.05) is 32.0 Å². The number of benzene rings is 1. The zero-order valence-electron chi connectivity index (χ0n) is 13.3. The molecule has 1 N–H and O–H groups in total. The highest BCUT2D eigenvalue weighted by Gasteiger charge is 2.18. The Hall–Kier alpha value is -2.50. The molecule has 6 heteroatoms. The first-order valence-electron chi connectivity index (χ1n) is 7.62. The number of ether oxygens (including phenoxy) is 3. The van der Waals surface area contributed by atoms with E-state index >= 15 is 0 Å². The van der Waals surface area contributed by atoms with E-state index in [-0.39, 0.29) is 19.0 Å². The average Bonchev–Trinajstić information content (AvgIpc) is 2.60. The topological polar surface area (TPSA) is 73.9 Å². The maximum absolute atomic E-state index is 12.0. The fourth-order valence-electron chi connectivity index (χ4n) is 2.12. The van der Waals surface area contributed by atoms with E-state index in [1.54, 1.807) is 0 Å². The molecular formula is C17H21NO5. The maximum Gasteiger partial charge on any atom is 0.377 e. The molecular weight excluding hydrogens is 298 g/mol. The molecule has 1 amide bonds. The van der Waals surface area contributed by atoms with Crippen LogP contribution in [0.25, 0.3) is 0 Å². The summed E-state index contributed by atoms with van der Waals surface area (Å²) in [6.07, 6.45) is 2.16. The van der Waals surface area contributed by atoms with Crippen molar-refractivity contribution in [3.8, 4) is 0 Å². The fourth-order valence-corrected chi connectivity index (χ4v) is 2.12. The van der Waals surface area contributed by atoms with Gasteiger partial charge in [-0.2, -0.15) is 0 Å². The Balaban J connectivity index is 1.90. The number of rotatable bonds is 6. The van der Waals surface area contributed by atoms with Gasteiger partial charge in [0.25, 0.3) is 5.91 Å². The highest BCUT2D eigenvalue weighted by atomic mass is 16.6. The summed E-state index contributed by atoms with van der Waals surface area (Å²) in [5.74, 6) is -0.808. The smallest absolute Gasteiger partial charge is 0.377 e. The molecule has 1 aromatic rings. The number of amides is 1. The minimum Gasteiger partial charge on any atom is -0.493 e. The third-order valence-electron chi connectivity index (χ3n) is 3.56. The molecule has 0 spiro atoms. The van der Waals surface area contributed by atoms with E-state index in [1.807, 2.05) is 24.3 Å². The van der Waals surface area contributed by atoms with Crippen molar-refractivity contribution in [2.75, 3.05) is 25.1 Å². The lowest BCUT2D eigenvalue weighted by Gasteiger charge is -2.16. The summed E-state index contributed by atoms with van der Waals surface area (Å²) < 4.78 is 15.0. The van der Waals surface area contributed by atoms with Crippen molar-refractivity contribution in [1.29, 1.82) is 0 Å². The minimum atomic E-state index is -0.713. The Labute approximate surface area is 135 Å². The lowest BCUT2D eigenvalue weighted by molar-refractivity contribution is -0.148. The van der Waals surface area contributed by atoms with Crippen LogP contribution in [-0.4, -0.2) is 31.7 Å². The molecule has 0 saturated carbocycles. The van der Waals surface area contributed by atoms with E-state index in [2.05, 4.69) is 19.2 Å². The van der Waals surface area contributed by atoms with Gasteiger partial charge in [0.2, 0.25) is 5.76 Å². The quantitative estimate of drug-likeness (QED) is 0.816. The van der Waals surface area contributed by atoms with Gasteiger partial charge in [-0.3, -0.25) is 4.79 Å². The van der Waals surface area contributed by atoms with Crippen LogP contribution in [0.3, 0.4) is 0 Å². The summed E-state index contributed by atoms with van der Waals surface area (Å²) in [4.78, 5) is 23.7. The van der Waals surface area contributed by atoms with Crippen molar-refractivity contribution >= 4 is 17.6 Å². The molecule has 0 unspecified atom stereocenters. The van der Waals surface area contributed by atoms with E-state index in [1.165, 1.54) is 6.26 Å². The molecule has 1 heterocycles. The number of anilines is 1. The highest BCUT2D eigenvalue weighted by Crippen LogP contribution is 2.26. The number of para-hydroxylation sites is 1. The number of hydrogen-bond acceptors (Lipinski definition) is 5. The van der Waals surface area contributed by atoms with E-state index < -0.39 is 11.9 Å². The molecule has 124 valence electrons. The van der Waals surface area contributed by atoms with Gasteiger partial charge in [-0.25, -0.2) is 4.79 Å². The van der Waals surface area contributed by atoms with Crippen LogP contribution >= 0.6 is 0 Å². The average molecular weight is 319 g/mol. The van der Waals surface area contributed by atoms with Crippen LogP contribution in [0.4, 0.5) is 5.69 Å². The van der Waals surface area contributed by atoms with Gasteiger partial charge in [0, 0.05) is 5.69 Å². The third kappa shape index (κ3) is 4.74. The molecule has 1 aromatic carbocycles. The first kappa shape index (κ1) is 16.9. The molecule has 23 heavy (non-hydrogen) atoms. The summed E-state index contributed by atoms with van der Waals surface area (Å²) in [6, 6.07) is 7.60. The lowest BCUT2D eigenvalue weighted by Crippen LogP contribution is -2.24. The Morgan fingerprint density at radius 1 is 1.30 bits per heavy atom. The van der Waals surface area contributed by atoms with Crippen LogP contribution in [0.15, 0.2) is 36.3 Å². The van der Waals surface area contributed by atoms with Gasteiger partial charge in [-0.05, 0) is 24.0 Å². The molecule has 6 nitrogen and oxygen atoms in total. The second-order valence-corrected chi connectivity index (χ2v) is 5.22. The summed E-state index contributed by atoms with van der Waals surface area (Å²) in [7, 11) is 0. The van der Waals surface area contributed by atoms with E-state index in [4.69, 9.17) is 14.2 Å². The van der Waals surface area contributed by atoms with E-state index in [0.29, 0.717) is 12.5 Å². The van der Waals surface area contributed by atoms with E-state index in [9.17, 15) is 9.59 Å². The predicted molar refractivity (Wildman–Crippen MR) is 84.7 cm³/mol. The van der Waals surface area contributed by atoms with Crippen molar-refractivity contribution in [3.05, 3.63) is 41.9 Å². The zero-order chi connectivity index (χ0) is 16.7. The summed E-state index contributed by atoms with van der Waals surface area (Å²) >= 11 is 0. The molecule has 0 aliphatic carbocycles. The molecule has 1 atom stereocenters. The van der Waals surface area contributed by atoms with Crippen LogP contribution in [0.5, 0.6) is 0 Å². The summed E-state index contributed by atoms with van der Waals surface area (Å²) in [6.45, 7) is 4.48. The number of hydrogen-bond donors (Lipinski definition) is 1. The van der Waals surface area contributed by atoms with Crippen molar-refractivity contribution in [3.63, 3.8) is 0 Å². The predicted octanol–water partition coefficient (Wildman–Crippen LogP) is 2.57. The van der Waals surface area contributed by atoms with Gasteiger partial charge in [0.1, 0.15) is 19.5 Å². The minimum absolute atomic E-state index is 0.0240. The van der Waals surface area contributed by atoms with Gasteiger partial charge in [0.15, 0.2) is 6.61 Å². The van der Waals surface area contributed by atoms with Gasteiger partial charge in [0.05, 0.1) is 0 Å². The Kier molecular flexibility index (Phi) is 6.02. The zero-order valence-corrected chi connectivity index (χ0v) is 13.3. The van der Waals surface area contributed by atoms with Crippen LogP contribution in [0.2, 0.25) is 0 Å². The standard InChI is InChI=1S/C17H21NO5/c1-3-12(2)13-6-4-5-7-14(13)18-16(19)11-23-17(20)15-10-21-8-9-22-15/h4-7,10,12H,3,8-9,11H2,1-2H3,(H,18,19)/t12-/m1/s1. The van der Waals surface area contributed by atoms with E-state index in [0.717, 1.165) is 17.7 Å². The van der Waals surface area contributed by atoms with Crippen LogP contribution < -0.4 is 5.32 Å². The number of carbonyl (C=O) groups excluding carboxylic acids is 2. The van der Waals surface area contributed by atoms with Crippen molar-refractivity contribution in [2.45, 2.75) is 26.2 Å². The number of carbonyl (C=O) groups is 2. The van der Waals surface area contributed by atoms with Gasteiger partial charge >= 0.3 is 5.97 Å². The van der Waals surface area contributed by atoms with Crippen LogP contribution in [-0.2, 0) is 23.8 Å². The van der Waals surface area contributed by atoms with Gasteiger partial charge < -0.3 is 19.5 Å². The van der Waals surface area contributed by atoms with Crippen molar-refractivity contribution in [2.24, 2.45) is 0 Å². The molecule has 0 fully saturated rings. The first-order chi connectivity index (χ1) is 11.1. The van der Waals surface area contributed by atoms with Crippen LogP contribution in [0, 0.1) is 0 Å². The Bertz CT molecular complexity index is 596. The largest absolute Gasteiger partial charge is 0.493 e. The monoisotopic (exact) mass is 319 g/mol. The second kappa shape index (κ2) is 8.22. The molecule has 1 aliphatic rings. The normalized spacial score (nSPS) is 14.8.